The molecule has 0 aromatic carbocycles. The maximum Gasteiger partial charge on any atom is 1.00 e. The van der Waals surface area contributed by atoms with Gasteiger partial charge in [0.05, 0.1) is 4.90 Å². The van der Waals surface area contributed by atoms with Crippen LogP contribution in [0.2, 0.25) is 0 Å². The predicted molar refractivity (Wildman–Crippen MR) is 74.6 cm³/mol. The molecule has 3 nitrogen and oxygen atoms in total. The minimum Gasteiger partial charge on any atom is -0.744 e. The zero-order chi connectivity index (χ0) is 14.4. The first-order valence-corrected chi connectivity index (χ1v) is 7.62. The average Bonchev–Trinajstić information content (AvgIpc) is 2.54. The molecule has 0 amide bonds. The summed E-state index contributed by atoms with van der Waals surface area (Å²) in [5.41, 5.74) is 4.49. The number of hydrogen-bond donors (Lipinski definition) is 0. The van der Waals surface area contributed by atoms with Crippen LogP contribution >= 0.6 is 0 Å². The zero-order valence-corrected chi connectivity index (χ0v) is 15.3. The first kappa shape index (κ1) is 17.7. The molecule has 0 N–H and O–H groups in total. The summed E-state index contributed by atoms with van der Waals surface area (Å²) in [4.78, 5) is -0.101. The van der Waals surface area contributed by atoms with E-state index in [1.165, 1.54) is 6.07 Å². The van der Waals surface area contributed by atoms with Crippen molar-refractivity contribution in [2.24, 2.45) is 0 Å². The van der Waals surface area contributed by atoms with Crippen LogP contribution in [0.15, 0.2) is 29.2 Å². The molecule has 0 fully saturated rings. The van der Waals surface area contributed by atoms with E-state index in [2.05, 4.69) is 0 Å². The molecule has 0 atom stereocenters. The van der Waals surface area contributed by atoms with Gasteiger partial charge in [-0.1, -0.05) is 26.0 Å². The van der Waals surface area contributed by atoms with Gasteiger partial charge in [-0.15, -0.1) is 0 Å². The Bertz CT molecular complexity index is 706. The number of fused-ring (bicyclic) bond motifs is 1. The fraction of sp³-hybridized carbons (Fsp3) is 0.333. The normalized spacial score (nSPS) is 11.7. The summed E-state index contributed by atoms with van der Waals surface area (Å²) in [6.07, 6.45) is 0. The monoisotopic (exact) mass is 300 g/mol. The second-order valence-electron chi connectivity index (χ2n) is 5.24. The molecule has 20 heavy (non-hydrogen) atoms. The molecule has 0 unspecified atom stereocenters. The third kappa shape index (κ3) is 3.26. The second kappa shape index (κ2) is 6.16. The summed E-state index contributed by atoms with van der Waals surface area (Å²) in [5, 5.41) is 0. The van der Waals surface area contributed by atoms with Gasteiger partial charge in [0.25, 0.3) is 0 Å². The minimum absolute atomic E-state index is 0. The second-order valence-corrected chi connectivity index (χ2v) is 6.59. The SMILES string of the molecule is Cc1cc(S(=O)(=O)[O-])c(C(C)C)cc2c(C)ccc1-2.[Na+]. The third-order valence-electron chi connectivity index (χ3n) is 3.46. The summed E-state index contributed by atoms with van der Waals surface area (Å²) in [6.45, 7) is 7.60. The van der Waals surface area contributed by atoms with Gasteiger partial charge >= 0.3 is 29.6 Å². The molecule has 0 bridgehead atoms. The molecule has 2 aliphatic carbocycles. The fourth-order valence-electron chi connectivity index (χ4n) is 2.39. The van der Waals surface area contributed by atoms with E-state index in [-0.39, 0.29) is 40.4 Å². The van der Waals surface area contributed by atoms with E-state index >= 15 is 0 Å². The van der Waals surface area contributed by atoms with Crippen LogP contribution in [0.5, 0.6) is 0 Å². The number of aryl methyl sites for hydroxylation is 2. The maximum absolute atomic E-state index is 11.5. The van der Waals surface area contributed by atoms with Crippen molar-refractivity contribution in [3.63, 3.8) is 0 Å². The Morgan fingerprint density at radius 1 is 1.00 bits per heavy atom. The summed E-state index contributed by atoms with van der Waals surface area (Å²) in [5.74, 6) is -0.0250. The molecule has 0 saturated carbocycles. The van der Waals surface area contributed by atoms with E-state index in [1.54, 1.807) is 0 Å². The van der Waals surface area contributed by atoms with Crippen LogP contribution in [0.25, 0.3) is 11.1 Å². The number of hydrogen-bond acceptors (Lipinski definition) is 3. The molecule has 0 saturated heterocycles. The standard InChI is InChI=1S/C15H18O3S.Na/c1-9(2)13-8-14-10(3)5-6-12(14)11(4)7-15(13)19(16,17)18;/h5-9H,1-4H3,(H,16,17,18);/q;+1/p-1. The van der Waals surface area contributed by atoms with Gasteiger partial charge in [0.1, 0.15) is 10.1 Å². The smallest absolute Gasteiger partial charge is 0.744 e. The van der Waals surface area contributed by atoms with Gasteiger partial charge < -0.3 is 4.55 Å². The summed E-state index contributed by atoms with van der Waals surface area (Å²) in [6, 6.07) is 7.31. The van der Waals surface area contributed by atoms with E-state index < -0.39 is 10.1 Å². The van der Waals surface area contributed by atoms with Crippen molar-refractivity contribution in [2.75, 3.05) is 0 Å². The number of rotatable bonds is 2. The first-order valence-electron chi connectivity index (χ1n) is 6.21. The van der Waals surface area contributed by atoms with Crippen molar-refractivity contribution >= 4 is 10.1 Å². The van der Waals surface area contributed by atoms with Gasteiger partial charge in [-0.25, -0.2) is 8.42 Å². The Morgan fingerprint density at radius 2 is 1.60 bits per heavy atom. The van der Waals surface area contributed by atoms with Crippen molar-refractivity contribution in [3.8, 4) is 11.1 Å². The van der Waals surface area contributed by atoms with Crippen molar-refractivity contribution in [1.29, 1.82) is 0 Å². The van der Waals surface area contributed by atoms with Gasteiger partial charge in [-0.3, -0.25) is 0 Å². The minimum atomic E-state index is -4.46. The Morgan fingerprint density at radius 3 is 2.10 bits per heavy atom. The summed E-state index contributed by atoms with van der Waals surface area (Å²) < 4.78 is 34.4. The molecule has 0 heterocycles. The van der Waals surface area contributed by atoms with Gasteiger partial charge in [0, 0.05) is 0 Å². The van der Waals surface area contributed by atoms with Crippen molar-refractivity contribution in [3.05, 3.63) is 41.0 Å². The average molecular weight is 300 g/mol. The van der Waals surface area contributed by atoms with Crippen LogP contribution in [-0.2, 0) is 10.1 Å². The maximum atomic E-state index is 11.5. The Kier molecular flexibility index (Phi) is 5.44. The van der Waals surface area contributed by atoms with Gasteiger partial charge in [-0.2, -0.15) is 0 Å². The third-order valence-corrected chi connectivity index (χ3v) is 4.36. The first-order chi connectivity index (χ1) is 8.71. The van der Waals surface area contributed by atoms with Crippen LogP contribution in [0.3, 0.4) is 0 Å². The van der Waals surface area contributed by atoms with Crippen molar-refractivity contribution in [1.82, 2.24) is 0 Å². The molecule has 2 aliphatic rings. The van der Waals surface area contributed by atoms with Crippen LogP contribution in [0.4, 0.5) is 0 Å². The molecule has 0 spiro atoms. The molecular weight excluding hydrogens is 283 g/mol. The van der Waals surface area contributed by atoms with Crippen LogP contribution in [-0.4, -0.2) is 13.0 Å². The van der Waals surface area contributed by atoms with Gasteiger partial charge in [0.15, 0.2) is 0 Å². The Labute approximate surface area is 142 Å². The Hall–Kier alpha value is -0.390. The van der Waals surface area contributed by atoms with E-state index in [9.17, 15) is 13.0 Å². The molecule has 0 aliphatic heterocycles. The quantitative estimate of drug-likeness (QED) is 0.597. The molecule has 0 aromatic heterocycles. The fourth-order valence-corrected chi connectivity index (χ4v) is 3.29. The van der Waals surface area contributed by atoms with Gasteiger partial charge in [0.2, 0.25) is 0 Å². The van der Waals surface area contributed by atoms with Crippen molar-refractivity contribution in [2.45, 2.75) is 38.5 Å². The molecule has 0 radical (unpaired) electrons. The molecule has 102 valence electrons. The van der Waals surface area contributed by atoms with E-state index in [0.29, 0.717) is 5.56 Å². The van der Waals surface area contributed by atoms with Gasteiger partial charge in [-0.05, 0) is 59.7 Å². The largest absolute Gasteiger partial charge is 1.00 e. The Balaban J connectivity index is 0.00000200. The van der Waals surface area contributed by atoms with Crippen molar-refractivity contribution < 1.29 is 42.5 Å². The van der Waals surface area contributed by atoms with Crippen LogP contribution in [0, 0.1) is 13.8 Å². The zero-order valence-electron chi connectivity index (χ0n) is 12.5. The molecule has 2 rings (SSSR count). The van der Waals surface area contributed by atoms with E-state index in [1.807, 2.05) is 45.9 Å². The summed E-state index contributed by atoms with van der Waals surface area (Å²) >= 11 is 0. The van der Waals surface area contributed by atoms with Crippen LogP contribution in [0.1, 0.15) is 36.5 Å². The molecular formula is C15H17NaO3S. The molecule has 5 heteroatoms. The van der Waals surface area contributed by atoms with E-state index in [0.717, 1.165) is 22.3 Å². The predicted octanol–water partition coefficient (Wildman–Crippen LogP) is 0.440. The summed E-state index contributed by atoms with van der Waals surface area (Å²) in [7, 11) is -4.46. The molecule has 0 aromatic rings. The van der Waals surface area contributed by atoms with Crippen LogP contribution < -0.4 is 29.6 Å². The van der Waals surface area contributed by atoms with E-state index in [4.69, 9.17) is 0 Å². The topological polar surface area (TPSA) is 57.2 Å².